The van der Waals surface area contributed by atoms with E-state index < -0.39 is 17.9 Å². The van der Waals surface area contributed by atoms with E-state index in [1.807, 2.05) is 60.7 Å². The number of fused-ring (bicyclic) bond motifs is 1. The smallest absolute Gasteiger partial charge is 0.328 e. The largest absolute Gasteiger partial charge is 0.464 e. The lowest BCUT2D eigenvalue weighted by Gasteiger charge is -2.17. The second-order valence-electron chi connectivity index (χ2n) is 5.86. The number of hydrogen-bond acceptors (Lipinski definition) is 4. The second kappa shape index (κ2) is 8.25. The fourth-order valence-electron chi connectivity index (χ4n) is 2.71. The molecule has 0 fully saturated rings. The Morgan fingerprint density at radius 2 is 1.73 bits per heavy atom. The first-order valence-corrected chi connectivity index (χ1v) is 8.54. The summed E-state index contributed by atoms with van der Waals surface area (Å²) in [6.07, 6.45) is 0.360. The van der Waals surface area contributed by atoms with Crippen molar-refractivity contribution in [3.63, 3.8) is 0 Å². The van der Waals surface area contributed by atoms with Gasteiger partial charge >= 0.3 is 5.97 Å². The summed E-state index contributed by atoms with van der Waals surface area (Å²) in [7, 11) is 0. The van der Waals surface area contributed by atoms with Crippen LogP contribution >= 0.6 is 0 Å². The molecule has 0 saturated carbocycles. The summed E-state index contributed by atoms with van der Waals surface area (Å²) in [6, 6.07) is 19.8. The van der Waals surface area contributed by atoms with Crippen LogP contribution in [0, 0.1) is 0 Å². The quantitative estimate of drug-likeness (QED) is 0.695. The number of carbonyl (C=O) groups is 2. The van der Waals surface area contributed by atoms with Crippen molar-refractivity contribution in [3.05, 3.63) is 78.0 Å². The highest BCUT2D eigenvalue weighted by atomic mass is 16.5. The molecule has 5 nitrogen and oxygen atoms in total. The molecule has 0 aliphatic heterocycles. The number of hydrogen-bond donors (Lipinski definition) is 1. The Morgan fingerprint density at radius 3 is 2.50 bits per heavy atom. The molecule has 1 unspecified atom stereocenters. The third kappa shape index (κ3) is 4.25. The van der Waals surface area contributed by atoms with Gasteiger partial charge in [0.15, 0.2) is 0 Å². The normalized spacial score (nSPS) is 11.7. The van der Waals surface area contributed by atoms with Crippen LogP contribution in [0.5, 0.6) is 0 Å². The fraction of sp³-hybridized carbons (Fsp3) is 0.190. The molecule has 26 heavy (non-hydrogen) atoms. The van der Waals surface area contributed by atoms with E-state index >= 15 is 0 Å². The van der Waals surface area contributed by atoms with Gasteiger partial charge in [0.1, 0.15) is 11.7 Å². The molecule has 0 saturated heterocycles. The first kappa shape index (κ1) is 17.6. The maximum Gasteiger partial charge on any atom is 0.328 e. The van der Waals surface area contributed by atoms with Crippen molar-refractivity contribution in [1.29, 1.82) is 0 Å². The first-order valence-electron chi connectivity index (χ1n) is 8.54. The Kier molecular flexibility index (Phi) is 5.59. The van der Waals surface area contributed by atoms with Crippen molar-refractivity contribution in [2.75, 3.05) is 6.61 Å². The summed E-state index contributed by atoms with van der Waals surface area (Å²) in [6.45, 7) is 2.00. The number of benzene rings is 2. The molecule has 0 aliphatic rings. The highest BCUT2D eigenvalue weighted by Crippen LogP contribution is 2.12. The molecule has 3 rings (SSSR count). The predicted octanol–water partition coefficient (Wildman–Crippen LogP) is 3.14. The van der Waals surface area contributed by atoms with Gasteiger partial charge < -0.3 is 10.1 Å². The van der Waals surface area contributed by atoms with Crippen molar-refractivity contribution in [2.24, 2.45) is 0 Å². The number of ether oxygens (including phenoxy) is 1. The highest BCUT2D eigenvalue weighted by molar-refractivity contribution is 5.97. The number of pyridine rings is 1. The SMILES string of the molecule is CCOC(=O)C(Cc1ccccc1)NC(=O)c1ccc2ccccc2n1. The van der Waals surface area contributed by atoms with E-state index in [-0.39, 0.29) is 12.3 Å². The summed E-state index contributed by atoms with van der Waals surface area (Å²) in [5, 5.41) is 3.71. The summed E-state index contributed by atoms with van der Waals surface area (Å²) in [5.74, 6) is -0.852. The Balaban J connectivity index is 1.79. The van der Waals surface area contributed by atoms with Gasteiger partial charge in [-0.1, -0.05) is 54.6 Å². The van der Waals surface area contributed by atoms with Gasteiger partial charge in [-0.3, -0.25) is 4.79 Å². The van der Waals surface area contributed by atoms with Crippen molar-refractivity contribution in [3.8, 4) is 0 Å². The van der Waals surface area contributed by atoms with Crippen molar-refractivity contribution < 1.29 is 14.3 Å². The molecule has 3 aromatic rings. The lowest BCUT2D eigenvalue weighted by molar-refractivity contribution is -0.145. The van der Waals surface area contributed by atoms with Crippen molar-refractivity contribution >= 4 is 22.8 Å². The van der Waals surface area contributed by atoms with Gasteiger partial charge in [-0.15, -0.1) is 0 Å². The van der Waals surface area contributed by atoms with Gasteiger partial charge in [0, 0.05) is 11.8 Å². The maximum atomic E-state index is 12.6. The molecule has 1 N–H and O–H groups in total. The van der Waals surface area contributed by atoms with E-state index in [0.717, 1.165) is 16.5 Å². The Bertz CT molecular complexity index is 909. The van der Waals surface area contributed by atoms with Crippen LogP contribution in [0.15, 0.2) is 66.7 Å². The van der Waals surface area contributed by atoms with Crippen LogP contribution in [0.4, 0.5) is 0 Å². The third-order valence-electron chi connectivity index (χ3n) is 3.99. The maximum absolute atomic E-state index is 12.6. The average molecular weight is 348 g/mol. The van der Waals surface area contributed by atoms with E-state index in [0.29, 0.717) is 6.42 Å². The Morgan fingerprint density at radius 1 is 1.00 bits per heavy atom. The van der Waals surface area contributed by atoms with Gasteiger partial charge in [-0.2, -0.15) is 0 Å². The van der Waals surface area contributed by atoms with Crippen LogP contribution in [-0.4, -0.2) is 29.5 Å². The minimum atomic E-state index is -0.766. The van der Waals surface area contributed by atoms with Crippen LogP contribution in [0.2, 0.25) is 0 Å². The van der Waals surface area contributed by atoms with E-state index in [1.54, 1.807) is 13.0 Å². The zero-order valence-electron chi connectivity index (χ0n) is 14.5. The molecular formula is C21H20N2O3. The number of nitrogens with zero attached hydrogens (tertiary/aromatic N) is 1. The lowest BCUT2D eigenvalue weighted by Crippen LogP contribution is -2.43. The van der Waals surface area contributed by atoms with Gasteiger partial charge in [-0.05, 0) is 24.6 Å². The van der Waals surface area contributed by atoms with Crippen LogP contribution in [-0.2, 0) is 16.0 Å². The van der Waals surface area contributed by atoms with Crippen molar-refractivity contribution in [2.45, 2.75) is 19.4 Å². The van der Waals surface area contributed by atoms with E-state index in [4.69, 9.17) is 4.74 Å². The van der Waals surface area contributed by atoms with Gasteiger partial charge in [0.05, 0.1) is 12.1 Å². The minimum Gasteiger partial charge on any atom is -0.464 e. The summed E-state index contributed by atoms with van der Waals surface area (Å²) < 4.78 is 5.11. The van der Waals surface area contributed by atoms with Gasteiger partial charge in [0.2, 0.25) is 0 Å². The molecule has 1 atom stereocenters. The first-order chi connectivity index (χ1) is 12.7. The predicted molar refractivity (Wildman–Crippen MR) is 99.8 cm³/mol. The molecule has 0 radical (unpaired) electrons. The van der Waals surface area contributed by atoms with Crippen LogP contribution < -0.4 is 5.32 Å². The summed E-state index contributed by atoms with van der Waals surface area (Å²) >= 11 is 0. The molecule has 1 heterocycles. The monoisotopic (exact) mass is 348 g/mol. The molecule has 0 aliphatic carbocycles. The molecule has 2 aromatic carbocycles. The number of nitrogens with one attached hydrogen (secondary N) is 1. The number of amides is 1. The molecule has 0 spiro atoms. The molecule has 1 amide bonds. The summed E-state index contributed by atoms with van der Waals surface area (Å²) in [4.78, 5) is 29.3. The number of rotatable bonds is 6. The van der Waals surface area contributed by atoms with Crippen LogP contribution in [0.25, 0.3) is 10.9 Å². The van der Waals surface area contributed by atoms with Gasteiger partial charge in [0.25, 0.3) is 5.91 Å². The van der Waals surface area contributed by atoms with E-state index in [2.05, 4.69) is 10.3 Å². The fourth-order valence-corrected chi connectivity index (χ4v) is 2.71. The standard InChI is InChI=1S/C21H20N2O3/c1-2-26-21(25)19(14-15-8-4-3-5-9-15)23-20(24)18-13-12-16-10-6-7-11-17(16)22-18/h3-13,19H,2,14H2,1H3,(H,23,24). The zero-order valence-corrected chi connectivity index (χ0v) is 14.5. The highest BCUT2D eigenvalue weighted by Gasteiger charge is 2.23. The number of carbonyl (C=O) groups excluding carboxylic acids is 2. The van der Waals surface area contributed by atoms with E-state index in [9.17, 15) is 9.59 Å². The molecule has 1 aromatic heterocycles. The van der Waals surface area contributed by atoms with Crippen LogP contribution in [0.1, 0.15) is 23.0 Å². The van der Waals surface area contributed by atoms with E-state index in [1.165, 1.54) is 0 Å². The minimum absolute atomic E-state index is 0.258. The van der Waals surface area contributed by atoms with Crippen LogP contribution in [0.3, 0.4) is 0 Å². The topological polar surface area (TPSA) is 68.3 Å². The number of aromatic nitrogens is 1. The Hall–Kier alpha value is -3.21. The van der Waals surface area contributed by atoms with Crippen molar-refractivity contribution in [1.82, 2.24) is 10.3 Å². The number of para-hydroxylation sites is 1. The summed E-state index contributed by atoms with van der Waals surface area (Å²) in [5.41, 5.74) is 1.94. The molecule has 0 bridgehead atoms. The Labute approximate surface area is 152 Å². The second-order valence-corrected chi connectivity index (χ2v) is 5.86. The zero-order chi connectivity index (χ0) is 18.4. The molecule has 132 valence electrons. The number of esters is 1. The van der Waals surface area contributed by atoms with Gasteiger partial charge in [-0.25, -0.2) is 9.78 Å². The molecule has 5 heteroatoms. The third-order valence-corrected chi connectivity index (χ3v) is 3.99. The molecular weight excluding hydrogens is 328 g/mol. The lowest BCUT2D eigenvalue weighted by atomic mass is 10.1. The average Bonchev–Trinajstić information content (AvgIpc) is 2.68.